The minimum absolute atomic E-state index is 0. The van der Waals surface area contributed by atoms with Gasteiger partial charge in [0.05, 0.1) is 6.61 Å². The van der Waals surface area contributed by atoms with Crippen LogP contribution in [0.5, 0.6) is 5.75 Å². The molecule has 0 amide bonds. The van der Waals surface area contributed by atoms with E-state index in [2.05, 4.69) is 80.2 Å². The molecule has 0 fully saturated rings. The summed E-state index contributed by atoms with van der Waals surface area (Å²) < 4.78 is 11.6. The molecule has 5 heteroatoms. The largest absolute Gasteiger partial charge is 1.00 e. The second kappa shape index (κ2) is 7.20. The van der Waals surface area contributed by atoms with E-state index in [1.54, 1.807) is 0 Å². The number of ether oxygens (including phenoxy) is 1. The summed E-state index contributed by atoms with van der Waals surface area (Å²) >= 11 is 3.64. The van der Waals surface area contributed by atoms with Gasteiger partial charge < -0.3 is 21.7 Å². The first kappa shape index (κ1) is 17.8. The summed E-state index contributed by atoms with van der Waals surface area (Å²) in [5.41, 5.74) is 5.61. The fourth-order valence-corrected chi connectivity index (χ4v) is 4.50. The van der Waals surface area contributed by atoms with Gasteiger partial charge in [-0.1, -0.05) is 40.2 Å². The Bertz CT molecular complexity index is 951. The molecule has 2 aromatic carbocycles. The summed E-state index contributed by atoms with van der Waals surface area (Å²) in [6.45, 7) is 1.71. The zero-order chi connectivity index (χ0) is 16.8. The number of halogens is 2. The number of hydrogen-bond donors (Lipinski definition) is 0. The van der Waals surface area contributed by atoms with Gasteiger partial charge in [-0.3, -0.25) is 0 Å². The third-order valence-electron chi connectivity index (χ3n) is 5.38. The molecule has 0 N–H and O–H groups in total. The van der Waals surface area contributed by atoms with Crippen LogP contribution >= 0.6 is 15.9 Å². The van der Waals surface area contributed by atoms with Crippen molar-refractivity contribution in [1.29, 1.82) is 0 Å². The minimum atomic E-state index is 0. The molecule has 1 atom stereocenters. The molecule has 1 aromatic heterocycles. The van der Waals surface area contributed by atoms with Crippen LogP contribution in [-0.4, -0.2) is 11.2 Å². The van der Waals surface area contributed by atoms with Crippen molar-refractivity contribution in [3.8, 4) is 5.75 Å². The van der Waals surface area contributed by atoms with Crippen molar-refractivity contribution >= 4 is 15.9 Å². The first-order chi connectivity index (χ1) is 12.3. The summed E-state index contributed by atoms with van der Waals surface area (Å²) in [5.74, 6) is 1.10. The smallest absolute Gasteiger partial charge is 0.244 e. The molecule has 1 aliphatic carbocycles. The third kappa shape index (κ3) is 3.12. The number of rotatable bonds is 3. The van der Waals surface area contributed by atoms with Crippen molar-refractivity contribution < 1.29 is 26.3 Å². The maximum Gasteiger partial charge on any atom is 0.244 e. The van der Waals surface area contributed by atoms with E-state index in [1.165, 1.54) is 28.7 Å². The van der Waals surface area contributed by atoms with E-state index in [0.717, 1.165) is 36.2 Å². The number of benzene rings is 2. The Morgan fingerprint density at radius 1 is 1.15 bits per heavy atom. The summed E-state index contributed by atoms with van der Waals surface area (Å²) in [5, 5.41) is 0. The molecule has 134 valence electrons. The fourth-order valence-electron chi connectivity index (χ4n) is 4.09. The van der Waals surface area contributed by atoms with Crippen molar-refractivity contribution in [1.82, 2.24) is 4.57 Å². The molecular formula is C21H20Br2N2O. The lowest BCUT2D eigenvalue weighted by atomic mass is 10.0. The van der Waals surface area contributed by atoms with Gasteiger partial charge in [-0.2, -0.15) is 0 Å². The molecule has 0 saturated carbocycles. The van der Waals surface area contributed by atoms with Crippen LogP contribution in [0.3, 0.4) is 0 Å². The van der Waals surface area contributed by atoms with Crippen molar-refractivity contribution in [2.24, 2.45) is 0 Å². The van der Waals surface area contributed by atoms with Gasteiger partial charge in [0.25, 0.3) is 0 Å². The molecule has 26 heavy (non-hydrogen) atoms. The number of hydrogen-bond acceptors (Lipinski definition) is 1. The van der Waals surface area contributed by atoms with Crippen LogP contribution < -0.4 is 26.3 Å². The molecule has 2 heterocycles. The van der Waals surface area contributed by atoms with Gasteiger partial charge in [0.1, 0.15) is 30.7 Å². The number of nitrogens with zero attached hydrogens (tertiary/aromatic N) is 2. The predicted molar refractivity (Wildman–Crippen MR) is 100.0 cm³/mol. The van der Waals surface area contributed by atoms with Crippen LogP contribution in [-0.2, 0) is 19.4 Å². The van der Waals surface area contributed by atoms with E-state index in [4.69, 9.17) is 4.74 Å². The maximum absolute atomic E-state index is 5.79. The molecule has 0 spiro atoms. The molecule has 0 radical (unpaired) electrons. The van der Waals surface area contributed by atoms with Crippen molar-refractivity contribution in [2.75, 3.05) is 6.61 Å². The topological polar surface area (TPSA) is 18.0 Å². The monoisotopic (exact) mass is 474 g/mol. The molecule has 2 aliphatic rings. The van der Waals surface area contributed by atoms with Gasteiger partial charge in [-0.15, -0.1) is 0 Å². The molecule has 5 rings (SSSR count). The standard InChI is InChI=1S/C21H20BrN2O.BrH/c22-19-4-2-1-3-17(19)13-23-8-9-24(14-23)20-6-5-15-11-16-7-10-25-21(16)12-18(15)20;/h1-4,8-9,11-12,14,20H,5-7,10,13H2;1H/q+1;/p-1. The third-order valence-corrected chi connectivity index (χ3v) is 6.15. The van der Waals surface area contributed by atoms with Crippen LogP contribution in [0.25, 0.3) is 0 Å². The summed E-state index contributed by atoms with van der Waals surface area (Å²) in [6, 6.07) is 13.5. The molecule has 1 aliphatic heterocycles. The summed E-state index contributed by atoms with van der Waals surface area (Å²) in [7, 11) is 0. The first-order valence-electron chi connectivity index (χ1n) is 8.86. The SMILES string of the molecule is Brc1ccccc1C[n+]1ccn(C2CCc3cc4c(cc32)OCC4)c1.[Br-]. The van der Waals surface area contributed by atoms with E-state index in [0.29, 0.717) is 6.04 Å². The predicted octanol–water partition coefficient (Wildman–Crippen LogP) is 1.06. The highest BCUT2D eigenvalue weighted by Crippen LogP contribution is 2.39. The Kier molecular flexibility index (Phi) is 4.93. The van der Waals surface area contributed by atoms with Gasteiger partial charge >= 0.3 is 0 Å². The van der Waals surface area contributed by atoms with E-state index in [-0.39, 0.29) is 17.0 Å². The first-order valence-corrected chi connectivity index (χ1v) is 9.65. The van der Waals surface area contributed by atoms with E-state index in [1.807, 2.05) is 0 Å². The van der Waals surface area contributed by atoms with E-state index in [9.17, 15) is 0 Å². The Morgan fingerprint density at radius 2 is 2.04 bits per heavy atom. The van der Waals surface area contributed by atoms with Gasteiger partial charge in [0.15, 0.2) is 0 Å². The maximum atomic E-state index is 5.79. The minimum Gasteiger partial charge on any atom is -1.00 e. The van der Waals surface area contributed by atoms with Crippen molar-refractivity contribution in [3.05, 3.63) is 81.8 Å². The Hall–Kier alpha value is -1.59. The van der Waals surface area contributed by atoms with E-state index < -0.39 is 0 Å². The molecule has 3 nitrogen and oxygen atoms in total. The van der Waals surface area contributed by atoms with Gasteiger partial charge in [-0.05, 0) is 36.1 Å². The summed E-state index contributed by atoms with van der Waals surface area (Å²) in [6.07, 6.45) is 9.99. The highest BCUT2D eigenvalue weighted by atomic mass is 79.9. The molecule has 0 bridgehead atoms. The Morgan fingerprint density at radius 3 is 2.92 bits per heavy atom. The fraction of sp³-hybridized carbons (Fsp3) is 0.286. The second-order valence-electron chi connectivity index (χ2n) is 6.94. The quantitative estimate of drug-likeness (QED) is 0.518. The number of aryl methyl sites for hydroxylation is 1. The number of aromatic nitrogens is 2. The van der Waals surface area contributed by atoms with Gasteiger partial charge in [0.2, 0.25) is 6.33 Å². The molecule has 3 aromatic rings. The van der Waals surface area contributed by atoms with Crippen LogP contribution in [0.1, 0.15) is 34.7 Å². The Labute approximate surface area is 172 Å². The molecular weight excluding hydrogens is 456 g/mol. The second-order valence-corrected chi connectivity index (χ2v) is 7.79. The lowest BCUT2D eigenvalue weighted by Crippen LogP contribution is -3.00. The average molecular weight is 476 g/mol. The van der Waals surface area contributed by atoms with Crippen LogP contribution in [0, 0.1) is 0 Å². The van der Waals surface area contributed by atoms with Crippen LogP contribution in [0.4, 0.5) is 0 Å². The highest BCUT2D eigenvalue weighted by Gasteiger charge is 2.30. The lowest BCUT2D eigenvalue weighted by molar-refractivity contribution is -0.688. The zero-order valence-electron chi connectivity index (χ0n) is 14.4. The average Bonchev–Trinajstić information content (AvgIpc) is 3.33. The Balaban J connectivity index is 0.00000168. The molecule has 1 unspecified atom stereocenters. The number of imidazole rings is 1. The highest BCUT2D eigenvalue weighted by molar-refractivity contribution is 9.10. The van der Waals surface area contributed by atoms with Crippen molar-refractivity contribution in [3.63, 3.8) is 0 Å². The zero-order valence-corrected chi connectivity index (χ0v) is 17.5. The lowest BCUT2D eigenvalue weighted by Gasteiger charge is -2.09. The van der Waals surface area contributed by atoms with Crippen molar-refractivity contribution in [2.45, 2.75) is 31.8 Å². The van der Waals surface area contributed by atoms with Crippen LogP contribution in [0.15, 0.2) is 59.6 Å². The van der Waals surface area contributed by atoms with E-state index >= 15 is 0 Å². The summed E-state index contributed by atoms with van der Waals surface area (Å²) in [4.78, 5) is 0. The van der Waals surface area contributed by atoms with Gasteiger partial charge in [0, 0.05) is 22.0 Å². The van der Waals surface area contributed by atoms with Gasteiger partial charge in [-0.25, -0.2) is 9.13 Å². The van der Waals surface area contributed by atoms with Crippen LogP contribution in [0.2, 0.25) is 0 Å². The molecule has 0 saturated heterocycles. The normalized spacial score (nSPS) is 17.3. The number of fused-ring (bicyclic) bond motifs is 2.